The van der Waals surface area contributed by atoms with Gasteiger partial charge in [-0.25, -0.2) is 0 Å². The van der Waals surface area contributed by atoms with Crippen molar-refractivity contribution in [3.63, 3.8) is 0 Å². The number of carboxylic acid groups (broad SMARTS) is 1. The zero-order valence-corrected chi connectivity index (χ0v) is 12.2. The second kappa shape index (κ2) is 6.09. The Labute approximate surface area is 119 Å². The summed E-state index contributed by atoms with van der Waals surface area (Å²) in [5, 5.41) is 10.2. The highest BCUT2D eigenvalue weighted by molar-refractivity contribution is 5.82. The van der Waals surface area contributed by atoms with E-state index in [1.807, 2.05) is 32.0 Å². The Hall–Kier alpha value is -1.81. The standard InChI is InChI=1S/C16H21NO3/c1-4-17(9-11(2)16(18)19)10-14-12(3)20-15-8-6-5-7-13(14)15/h5-8,11H,4,9-10H2,1-3H3,(H,18,19). The molecule has 2 rings (SSSR count). The fourth-order valence-electron chi connectivity index (χ4n) is 2.41. The lowest BCUT2D eigenvalue weighted by Gasteiger charge is -2.22. The average Bonchev–Trinajstić information content (AvgIpc) is 2.74. The van der Waals surface area contributed by atoms with E-state index in [4.69, 9.17) is 9.52 Å². The maximum atomic E-state index is 11.0. The van der Waals surface area contributed by atoms with Crippen LogP contribution >= 0.6 is 0 Å². The van der Waals surface area contributed by atoms with Gasteiger partial charge in [0.05, 0.1) is 5.92 Å². The molecule has 1 heterocycles. The van der Waals surface area contributed by atoms with E-state index in [0.29, 0.717) is 6.54 Å². The zero-order chi connectivity index (χ0) is 14.7. The van der Waals surface area contributed by atoms with Crippen molar-refractivity contribution in [2.75, 3.05) is 13.1 Å². The normalized spacial score (nSPS) is 13.0. The van der Waals surface area contributed by atoms with Gasteiger partial charge in [0.1, 0.15) is 11.3 Å². The van der Waals surface area contributed by atoms with Gasteiger partial charge in [-0.15, -0.1) is 0 Å². The number of aryl methyl sites for hydroxylation is 1. The molecule has 0 aliphatic carbocycles. The Balaban J connectivity index is 2.21. The largest absolute Gasteiger partial charge is 0.481 e. The summed E-state index contributed by atoms with van der Waals surface area (Å²) >= 11 is 0. The number of fused-ring (bicyclic) bond motifs is 1. The Bertz CT molecular complexity index is 603. The van der Waals surface area contributed by atoms with Gasteiger partial charge in [0.2, 0.25) is 0 Å². The minimum Gasteiger partial charge on any atom is -0.481 e. The highest BCUT2D eigenvalue weighted by Crippen LogP contribution is 2.26. The molecule has 108 valence electrons. The van der Waals surface area contributed by atoms with Crippen molar-refractivity contribution < 1.29 is 14.3 Å². The van der Waals surface area contributed by atoms with E-state index < -0.39 is 5.97 Å². The van der Waals surface area contributed by atoms with E-state index in [2.05, 4.69) is 11.0 Å². The molecule has 4 heteroatoms. The number of nitrogens with zero attached hydrogens (tertiary/aromatic N) is 1. The molecule has 4 nitrogen and oxygen atoms in total. The summed E-state index contributed by atoms with van der Waals surface area (Å²) in [6.45, 7) is 7.83. The van der Waals surface area contributed by atoms with Gasteiger partial charge in [0.15, 0.2) is 0 Å². The molecule has 1 aromatic carbocycles. The van der Waals surface area contributed by atoms with Crippen LogP contribution in [0.3, 0.4) is 0 Å². The highest BCUT2D eigenvalue weighted by Gasteiger charge is 2.18. The van der Waals surface area contributed by atoms with Gasteiger partial charge in [-0.3, -0.25) is 9.69 Å². The topological polar surface area (TPSA) is 53.7 Å². The molecule has 0 saturated carbocycles. The number of hydrogen-bond acceptors (Lipinski definition) is 3. The molecule has 0 spiro atoms. The number of aliphatic carboxylic acids is 1. The van der Waals surface area contributed by atoms with Crippen LogP contribution < -0.4 is 0 Å². The third-order valence-electron chi connectivity index (χ3n) is 3.68. The van der Waals surface area contributed by atoms with Gasteiger partial charge in [-0.2, -0.15) is 0 Å². The summed E-state index contributed by atoms with van der Waals surface area (Å²) in [4.78, 5) is 13.1. The van der Waals surface area contributed by atoms with Crippen LogP contribution in [0.5, 0.6) is 0 Å². The molecule has 0 amide bonds. The van der Waals surface area contributed by atoms with E-state index in [1.165, 1.54) is 0 Å². The maximum Gasteiger partial charge on any atom is 0.307 e. The molecule has 1 N–H and O–H groups in total. The van der Waals surface area contributed by atoms with Crippen molar-refractivity contribution in [2.24, 2.45) is 5.92 Å². The number of furan rings is 1. The van der Waals surface area contributed by atoms with Gasteiger partial charge in [0.25, 0.3) is 0 Å². The van der Waals surface area contributed by atoms with Crippen LogP contribution in [-0.2, 0) is 11.3 Å². The summed E-state index contributed by atoms with van der Waals surface area (Å²) in [7, 11) is 0. The Morgan fingerprint density at radius 3 is 2.75 bits per heavy atom. The molecule has 0 fully saturated rings. The van der Waals surface area contributed by atoms with E-state index in [-0.39, 0.29) is 5.92 Å². The molecular weight excluding hydrogens is 254 g/mol. The molecule has 1 atom stereocenters. The van der Waals surface area contributed by atoms with Crippen molar-refractivity contribution >= 4 is 16.9 Å². The van der Waals surface area contributed by atoms with E-state index in [9.17, 15) is 4.79 Å². The number of hydrogen-bond donors (Lipinski definition) is 1. The molecule has 0 aliphatic rings. The molecule has 0 saturated heterocycles. The lowest BCUT2D eigenvalue weighted by Crippen LogP contribution is -2.31. The van der Waals surface area contributed by atoms with E-state index >= 15 is 0 Å². The van der Waals surface area contributed by atoms with Crippen molar-refractivity contribution in [3.05, 3.63) is 35.6 Å². The van der Waals surface area contributed by atoms with Gasteiger partial charge in [0, 0.05) is 24.0 Å². The summed E-state index contributed by atoms with van der Waals surface area (Å²) in [6, 6.07) is 7.97. The molecule has 0 bridgehead atoms. The molecule has 1 unspecified atom stereocenters. The third kappa shape index (κ3) is 3.02. The third-order valence-corrected chi connectivity index (χ3v) is 3.68. The number of para-hydroxylation sites is 1. The number of rotatable bonds is 6. The van der Waals surface area contributed by atoms with Crippen LogP contribution in [0.4, 0.5) is 0 Å². The fourth-order valence-corrected chi connectivity index (χ4v) is 2.41. The van der Waals surface area contributed by atoms with Crippen molar-refractivity contribution in [2.45, 2.75) is 27.3 Å². The smallest absolute Gasteiger partial charge is 0.307 e. The first-order valence-corrected chi connectivity index (χ1v) is 6.95. The summed E-state index contributed by atoms with van der Waals surface area (Å²) in [5.41, 5.74) is 2.04. The second-order valence-corrected chi connectivity index (χ2v) is 5.20. The van der Waals surface area contributed by atoms with Gasteiger partial charge >= 0.3 is 5.97 Å². The Morgan fingerprint density at radius 1 is 1.40 bits per heavy atom. The first-order valence-electron chi connectivity index (χ1n) is 6.95. The highest BCUT2D eigenvalue weighted by atomic mass is 16.4. The van der Waals surface area contributed by atoms with Crippen LogP contribution in [-0.4, -0.2) is 29.1 Å². The van der Waals surface area contributed by atoms with Crippen molar-refractivity contribution in [1.29, 1.82) is 0 Å². The molecule has 20 heavy (non-hydrogen) atoms. The zero-order valence-electron chi connectivity index (χ0n) is 12.2. The fraction of sp³-hybridized carbons (Fsp3) is 0.438. The molecule has 0 aliphatic heterocycles. The minimum atomic E-state index is -0.753. The number of carbonyl (C=O) groups is 1. The van der Waals surface area contributed by atoms with Crippen molar-refractivity contribution in [1.82, 2.24) is 4.90 Å². The minimum absolute atomic E-state index is 0.367. The average molecular weight is 275 g/mol. The molecule has 1 aromatic heterocycles. The predicted molar refractivity (Wildman–Crippen MR) is 78.7 cm³/mol. The van der Waals surface area contributed by atoms with Crippen LogP contribution in [0.25, 0.3) is 11.0 Å². The molecule has 0 radical (unpaired) electrons. The Kier molecular flexibility index (Phi) is 4.45. The predicted octanol–water partition coefficient (Wildman–Crippen LogP) is 3.28. The summed E-state index contributed by atoms with van der Waals surface area (Å²) in [5.74, 6) is -0.210. The lowest BCUT2D eigenvalue weighted by atomic mass is 10.1. The first kappa shape index (κ1) is 14.6. The second-order valence-electron chi connectivity index (χ2n) is 5.20. The van der Waals surface area contributed by atoms with E-state index in [1.54, 1.807) is 6.92 Å². The van der Waals surface area contributed by atoms with Crippen LogP contribution in [0.1, 0.15) is 25.2 Å². The molecular formula is C16H21NO3. The monoisotopic (exact) mass is 275 g/mol. The van der Waals surface area contributed by atoms with Gasteiger partial charge < -0.3 is 9.52 Å². The lowest BCUT2D eigenvalue weighted by molar-refractivity contribution is -0.141. The van der Waals surface area contributed by atoms with Crippen LogP contribution in [0.15, 0.2) is 28.7 Å². The molecule has 2 aromatic rings. The number of benzene rings is 1. The van der Waals surface area contributed by atoms with Gasteiger partial charge in [-0.05, 0) is 19.5 Å². The first-order chi connectivity index (χ1) is 9.52. The van der Waals surface area contributed by atoms with Crippen LogP contribution in [0, 0.1) is 12.8 Å². The van der Waals surface area contributed by atoms with Gasteiger partial charge in [-0.1, -0.05) is 32.0 Å². The van der Waals surface area contributed by atoms with Crippen LogP contribution in [0.2, 0.25) is 0 Å². The SMILES string of the molecule is CCN(Cc1c(C)oc2ccccc12)CC(C)C(=O)O. The van der Waals surface area contributed by atoms with E-state index in [0.717, 1.165) is 35.4 Å². The summed E-state index contributed by atoms with van der Waals surface area (Å²) in [6.07, 6.45) is 0. The quantitative estimate of drug-likeness (QED) is 0.879. The number of carboxylic acids is 1. The summed E-state index contributed by atoms with van der Waals surface area (Å²) < 4.78 is 5.75. The Morgan fingerprint density at radius 2 is 2.10 bits per heavy atom. The van der Waals surface area contributed by atoms with Crippen molar-refractivity contribution in [3.8, 4) is 0 Å². The maximum absolute atomic E-state index is 11.0.